The highest BCUT2D eigenvalue weighted by molar-refractivity contribution is 7.13. The summed E-state index contributed by atoms with van der Waals surface area (Å²) in [7, 11) is 0. The number of aromatic nitrogens is 1. The highest BCUT2D eigenvalue weighted by atomic mass is 32.1. The minimum atomic E-state index is -1.06. The van der Waals surface area contributed by atoms with Crippen molar-refractivity contribution in [3.05, 3.63) is 40.9 Å². The summed E-state index contributed by atoms with van der Waals surface area (Å²) < 4.78 is 27.5. The van der Waals surface area contributed by atoms with E-state index in [9.17, 15) is 18.4 Å². The number of carbonyl (C=O) groups excluding carboxylic acids is 1. The molecule has 1 aromatic carbocycles. The van der Waals surface area contributed by atoms with Gasteiger partial charge in [0, 0.05) is 11.9 Å². The van der Waals surface area contributed by atoms with Crippen LogP contribution in [0.1, 0.15) is 23.3 Å². The first-order valence-electron chi connectivity index (χ1n) is 6.92. The lowest BCUT2D eigenvalue weighted by atomic mass is 10.2. The molecule has 2 heterocycles. The SMILES string of the molecule is O=C(O)[C@@H]1CCCN1C(=O)c1csc(-c2c(F)cccc2F)n1. The summed E-state index contributed by atoms with van der Waals surface area (Å²) in [4.78, 5) is 28.8. The van der Waals surface area contributed by atoms with Crippen LogP contribution in [0.25, 0.3) is 10.6 Å². The summed E-state index contributed by atoms with van der Waals surface area (Å²) in [5, 5.41) is 10.6. The van der Waals surface area contributed by atoms with E-state index >= 15 is 0 Å². The summed E-state index contributed by atoms with van der Waals surface area (Å²) in [6.45, 7) is 0.330. The van der Waals surface area contributed by atoms with Gasteiger partial charge in [-0.05, 0) is 25.0 Å². The summed E-state index contributed by atoms with van der Waals surface area (Å²) in [5.41, 5.74) is -0.284. The normalized spacial score (nSPS) is 17.5. The van der Waals surface area contributed by atoms with Gasteiger partial charge in [0.05, 0.1) is 5.56 Å². The van der Waals surface area contributed by atoms with E-state index in [4.69, 9.17) is 5.11 Å². The van der Waals surface area contributed by atoms with E-state index in [1.165, 1.54) is 16.3 Å². The predicted molar refractivity (Wildman–Crippen MR) is 79.2 cm³/mol. The van der Waals surface area contributed by atoms with Crippen molar-refractivity contribution in [1.82, 2.24) is 9.88 Å². The number of aliphatic carboxylic acids is 1. The van der Waals surface area contributed by atoms with Crippen LogP contribution in [0.15, 0.2) is 23.6 Å². The summed E-state index contributed by atoms with van der Waals surface area (Å²) in [6.07, 6.45) is 0.988. The number of rotatable bonds is 3. The van der Waals surface area contributed by atoms with Gasteiger partial charge in [0.1, 0.15) is 28.4 Å². The van der Waals surface area contributed by atoms with Gasteiger partial charge in [0.25, 0.3) is 5.91 Å². The van der Waals surface area contributed by atoms with Crippen molar-refractivity contribution in [2.24, 2.45) is 0 Å². The molecule has 1 N–H and O–H groups in total. The molecule has 1 fully saturated rings. The smallest absolute Gasteiger partial charge is 0.326 e. The molecule has 1 atom stereocenters. The number of amides is 1. The summed E-state index contributed by atoms with van der Waals surface area (Å²) in [5.74, 6) is -3.12. The van der Waals surface area contributed by atoms with E-state index in [-0.39, 0.29) is 16.3 Å². The second kappa shape index (κ2) is 6.04. The minimum absolute atomic E-state index is 0.000744. The van der Waals surface area contributed by atoms with E-state index in [1.54, 1.807) is 0 Å². The number of thiazole rings is 1. The van der Waals surface area contributed by atoms with E-state index in [1.807, 2.05) is 0 Å². The molecular weight excluding hydrogens is 326 g/mol. The summed E-state index contributed by atoms with van der Waals surface area (Å²) >= 11 is 0.942. The molecule has 2 aromatic rings. The first-order chi connectivity index (χ1) is 11.0. The van der Waals surface area contributed by atoms with Crippen molar-refractivity contribution in [3.8, 4) is 10.6 Å². The fourth-order valence-corrected chi connectivity index (χ4v) is 3.44. The largest absolute Gasteiger partial charge is 0.480 e. The fraction of sp³-hybridized carbons (Fsp3) is 0.267. The molecule has 0 bridgehead atoms. The van der Waals surface area contributed by atoms with Crippen LogP contribution < -0.4 is 0 Å². The molecular formula is C15H12F2N2O3S. The highest BCUT2D eigenvalue weighted by Gasteiger charge is 2.35. The molecule has 8 heteroatoms. The molecule has 120 valence electrons. The van der Waals surface area contributed by atoms with Gasteiger partial charge in [-0.2, -0.15) is 0 Å². The standard InChI is InChI=1S/C15H12F2N2O3S/c16-8-3-1-4-9(17)12(8)13-18-10(7-23-13)14(20)19-6-2-5-11(19)15(21)22/h1,3-4,7,11H,2,5-6H2,(H,21,22)/t11-/m0/s1. The van der Waals surface area contributed by atoms with Gasteiger partial charge >= 0.3 is 5.97 Å². The van der Waals surface area contributed by atoms with E-state index in [0.29, 0.717) is 19.4 Å². The zero-order chi connectivity index (χ0) is 16.6. The summed E-state index contributed by atoms with van der Waals surface area (Å²) in [6, 6.07) is 2.60. The Labute approximate surface area is 134 Å². The van der Waals surface area contributed by atoms with Gasteiger partial charge < -0.3 is 10.0 Å². The maximum Gasteiger partial charge on any atom is 0.326 e. The molecule has 0 unspecified atom stereocenters. The van der Waals surface area contributed by atoms with Crippen molar-refractivity contribution in [2.45, 2.75) is 18.9 Å². The Balaban J connectivity index is 1.90. The van der Waals surface area contributed by atoms with Gasteiger partial charge in [0.2, 0.25) is 0 Å². The van der Waals surface area contributed by atoms with Gasteiger partial charge in [0.15, 0.2) is 0 Å². The molecule has 1 amide bonds. The Morgan fingerprint density at radius 1 is 1.30 bits per heavy atom. The highest BCUT2D eigenvalue weighted by Crippen LogP contribution is 2.30. The van der Waals surface area contributed by atoms with Crippen molar-refractivity contribution in [2.75, 3.05) is 6.54 Å². The van der Waals surface area contributed by atoms with Crippen LogP contribution in [0.5, 0.6) is 0 Å². The number of carbonyl (C=O) groups is 2. The average Bonchev–Trinajstić information content (AvgIpc) is 3.16. The molecule has 1 aromatic heterocycles. The Morgan fingerprint density at radius 3 is 2.65 bits per heavy atom. The monoisotopic (exact) mass is 338 g/mol. The number of halogens is 2. The first-order valence-corrected chi connectivity index (χ1v) is 7.80. The van der Waals surface area contributed by atoms with Crippen LogP contribution in [-0.2, 0) is 4.79 Å². The quantitative estimate of drug-likeness (QED) is 0.934. The van der Waals surface area contributed by atoms with Crippen LogP contribution in [0.2, 0.25) is 0 Å². The van der Waals surface area contributed by atoms with Gasteiger partial charge in [-0.15, -0.1) is 11.3 Å². The maximum atomic E-state index is 13.8. The third kappa shape index (κ3) is 2.81. The Kier molecular flexibility index (Phi) is 4.08. The zero-order valence-corrected chi connectivity index (χ0v) is 12.6. The second-order valence-corrected chi connectivity index (χ2v) is 5.99. The lowest BCUT2D eigenvalue weighted by molar-refractivity contribution is -0.141. The number of benzene rings is 1. The molecule has 5 nitrogen and oxygen atoms in total. The number of hydrogen-bond donors (Lipinski definition) is 1. The van der Waals surface area contributed by atoms with Crippen molar-refractivity contribution in [1.29, 1.82) is 0 Å². The number of hydrogen-bond acceptors (Lipinski definition) is 4. The fourth-order valence-electron chi connectivity index (χ4n) is 2.60. The number of nitrogens with zero attached hydrogens (tertiary/aromatic N) is 2. The Morgan fingerprint density at radius 2 is 2.00 bits per heavy atom. The number of likely N-dealkylation sites (tertiary alicyclic amines) is 1. The predicted octanol–water partition coefficient (Wildman–Crippen LogP) is 2.78. The van der Waals surface area contributed by atoms with Crippen LogP contribution in [-0.4, -0.2) is 39.5 Å². The maximum absolute atomic E-state index is 13.8. The van der Waals surface area contributed by atoms with Crippen LogP contribution in [0.3, 0.4) is 0 Å². The van der Waals surface area contributed by atoms with Crippen molar-refractivity contribution < 1.29 is 23.5 Å². The van der Waals surface area contributed by atoms with Gasteiger partial charge in [-0.1, -0.05) is 6.07 Å². The number of carboxylic acids is 1. The van der Waals surface area contributed by atoms with Gasteiger partial charge in [-0.25, -0.2) is 18.6 Å². The van der Waals surface area contributed by atoms with Crippen LogP contribution >= 0.6 is 11.3 Å². The Hall–Kier alpha value is -2.35. The molecule has 1 saturated heterocycles. The molecule has 1 aliphatic heterocycles. The average molecular weight is 338 g/mol. The van der Waals surface area contributed by atoms with E-state index in [0.717, 1.165) is 23.5 Å². The Bertz CT molecular complexity index is 758. The molecule has 1 aliphatic rings. The van der Waals surface area contributed by atoms with E-state index < -0.39 is 29.6 Å². The second-order valence-electron chi connectivity index (χ2n) is 5.13. The third-order valence-electron chi connectivity index (χ3n) is 3.70. The molecule has 0 saturated carbocycles. The van der Waals surface area contributed by atoms with E-state index in [2.05, 4.69) is 4.98 Å². The molecule has 3 rings (SSSR count). The molecule has 0 spiro atoms. The lowest BCUT2D eigenvalue weighted by Crippen LogP contribution is -2.40. The van der Waals surface area contributed by atoms with Crippen molar-refractivity contribution in [3.63, 3.8) is 0 Å². The van der Waals surface area contributed by atoms with Gasteiger partial charge in [-0.3, -0.25) is 4.79 Å². The van der Waals surface area contributed by atoms with Crippen LogP contribution in [0, 0.1) is 11.6 Å². The van der Waals surface area contributed by atoms with Crippen LogP contribution in [0.4, 0.5) is 8.78 Å². The third-order valence-corrected chi connectivity index (χ3v) is 4.56. The molecule has 0 radical (unpaired) electrons. The zero-order valence-electron chi connectivity index (χ0n) is 11.8. The topological polar surface area (TPSA) is 70.5 Å². The molecule has 23 heavy (non-hydrogen) atoms. The lowest BCUT2D eigenvalue weighted by Gasteiger charge is -2.20. The minimum Gasteiger partial charge on any atom is -0.480 e. The molecule has 0 aliphatic carbocycles. The van der Waals surface area contributed by atoms with Crippen molar-refractivity contribution >= 4 is 23.2 Å². The first kappa shape index (κ1) is 15.5. The number of carboxylic acid groups (broad SMARTS) is 1.